The van der Waals surface area contributed by atoms with Crippen LogP contribution in [0.15, 0.2) is 0 Å². The fourth-order valence-electron chi connectivity index (χ4n) is 2.08. The van der Waals surface area contributed by atoms with Gasteiger partial charge in [-0.15, -0.1) is 0 Å². The average Bonchev–Trinajstić information content (AvgIpc) is 2.78. The molecule has 1 saturated heterocycles. The van der Waals surface area contributed by atoms with Gasteiger partial charge in [0.15, 0.2) is 0 Å². The third kappa shape index (κ3) is 3.84. The molecule has 0 atom stereocenters. The summed E-state index contributed by atoms with van der Waals surface area (Å²) in [7, 11) is 2.71. The molecular weight excluding hydrogens is 210 g/mol. The Morgan fingerprint density at radius 2 is 1.53 bits per heavy atom. The smallest absolute Gasteiger partial charge is 0.377 e. The SMILES string of the molecule is CO[Si](CCCN1CCCC1)(OC)OC. The second-order valence-electron chi connectivity index (χ2n) is 3.95. The Kier molecular flexibility index (Phi) is 5.77. The monoisotopic (exact) mass is 233 g/mol. The predicted molar refractivity (Wildman–Crippen MR) is 61.9 cm³/mol. The van der Waals surface area contributed by atoms with E-state index >= 15 is 0 Å². The summed E-state index contributed by atoms with van der Waals surface area (Å²) in [6, 6.07) is 0.910. The topological polar surface area (TPSA) is 30.9 Å². The quantitative estimate of drug-likeness (QED) is 0.621. The van der Waals surface area contributed by atoms with Crippen LogP contribution in [0.5, 0.6) is 0 Å². The van der Waals surface area contributed by atoms with Crippen molar-refractivity contribution in [3.05, 3.63) is 0 Å². The van der Waals surface area contributed by atoms with Crippen LogP contribution in [0, 0.1) is 0 Å². The zero-order chi connectivity index (χ0) is 11.1. The van der Waals surface area contributed by atoms with Gasteiger partial charge in [0, 0.05) is 27.4 Å². The first-order valence-corrected chi connectivity index (χ1v) is 7.57. The molecule has 0 saturated carbocycles. The zero-order valence-electron chi connectivity index (χ0n) is 10.1. The van der Waals surface area contributed by atoms with Crippen LogP contribution in [0.1, 0.15) is 19.3 Å². The van der Waals surface area contributed by atoms with Crippen LogP contribution in [0.4, 0.5) is 0 Å². The van der Waals surface area contributed by atoms with E-state index in [2.05, 4.69) is 4.90 Å². The van der Waals surface area contributed by atoms with Gasteiger partial charge in [0.1, 0.15) is 0 Å². The molecule has 0 N–H and O–H groups in total. The summed E-state index contributed by atoms with van der Waals surface area (Å²) in [4.78, 5) is 2.50. The largest absolute Gasteiger partial charge is 0.500 e. The Bertz CT molecular complexity index is 162. The highest BCUT2D eigenvalue weighted by atomic mass is 28.4. The van der Waals surface area contributed by atoms with Crippen LogP contribution in [0.3, 0.4) is 0 Å². The van der Waals surface area contributed by atoms with Crippen LogP contribution >= 0.6 is 0 Å². The lowest BCUT2D eigenvalue weighted by atomic mass is 10.4. The molecule has 0 unspecified atom stereocenters. The van der Waals surface area contributed by atoms with E-state index in [-0.39, 0.29) is 0 Å². The molecule has 1 fully saturated rings. The Morgan fingerprint density at radius 1 is 1.00 bits per heavy atom. The molecule has 1 rings (SSSR count). The lowest BCUT2D eigenvalue weighted by molar-refractivity contribution is 0.122. The summed E-state index contributed by atoms with van der Waals surface area (Å²) in [6.45, 7) is 3.65. The van der Waals surface area contributed by atoms with Crippen molar-refractivity contribution in [2.45, 2.75) is 25.3 Å². The second kappa shape index (κ2) is 6.60. The van der Waals surface area contributed by atoms with Gasteiger partial charge in [-0.05, 0) is 38.9 Å². The molecule has 0 spiro atoms. The van der Waals surface area contributed by atoms with Crippen LogP contribution in [0.2, 0.25) is 6.04 Å². The number of hydrogen-bond acceptors (Lipinski definition) is 4. The third-order valence-corrected chi connectivity index (χ3v) is 5.92. The molecule has 0 bridgehead atoms. The molecule has 0 aliphatic carbocycles. The van der Waals surface area contributed by atoms with Gasteiger partial charge in [-0.3, -0.25) is 0 Å². The maximum absolute atomic E-state index is 5.38. The van der Waals surface area contributed by atoms with Gasteiger partial charge < -0.3 is 18.2 Å². The van der Waals surface area contributed by atoms with Crippen molar-refractivity contribution < 1.29 is 13.3 Å². The molecule has 0 aromatic rings. The van der Waals surface area contributed by atoms with Crippen LogP contribution in [-0.2, 0) is 13.3 Å². The van der Waals surface area contributed by atoms with E-state index in [1.807, 2.05) is 0 Å². The van der Waals surface area contributed by atoms with Crippen LogP contribution < -0.4 is 0 Å². The van der Waals surface area contributed by atoms with E-state index < -0.39 is 8.80 Å². The maximum Gasteiger partial charge on any atom is 0.500 e. The summed E-state index contributed by atoms with van der Waals surface area (Å²) in [5.41, 5.74) is 0. The maximum atomic E-state index is 5.38. The standard InChI is InChI=1S/C10H23NO3Si/c1-12-15(13-2,14-3)10-6-9-11-7-4-5-8-11/h4-10H2,1-3H3. The Morgan fingerprint density at radius 3 is 2.00 bits per heavy atom. The highest BCUT2D eigenvalue weighted by Gasteiger charge is 2.37. The van der Waals surface area contributed by atoms with E-state index in [1.54, 1.807) is 21.3 Å². The molecule has 90 valence electrons. The van der Waals surface area contributed by atoms with E-state index in [0.717, 1.165) is 19.0 Å². The molecule has 15 heavy (non-hydrogen) atoms. The van der Waals surface area contributed by atoms with E-state index in [0.29, 0.717) is 0 Å². The van der Waals surface area contributed by atoms with Crippen LogP contribution in [0.25, 0.3) is 0 Å². The lowest BCUT2D eigenvalue weighted by Gasteiger charge is -2.25. The molecule has 0 amide bonds. The second-order valence-corrected chi connectivity index (χ2v) is 7.04. The number of hydrogen-bond donors (Lipinski definition) is 0. The van der Waals surface area contributed by atoms with Crippen molar-refractivity contribution in [1.82, 2.24) is 4.90 Å². The minimum Gasteiger partial charge on any atom is -0.377 e. The molecule has 4 nitrogen and oxygen atoms in total. The molecule has 0 aromatic heterocycles. The van der Waals surface area contributed by atoms with E-state index in [1.165, 1.54) is 25.9 Å². The van der Waals surface area contributed by atoms with Gasteiger partial charge in [0.05, 0.1) is 0 Å². The van der Waals surface area contributed by atoms with E-state index in [4.69, 9.17) is 13.3 Å². The number of likely N-dealkylation sites (tertiary alicyclic amines) is 1. The fraction of sp³-hybridized carbons (Fsp3) is 1.00. The van der Waals surface area contributed by atoms with Gasteiger partial charge in [0.2, 0.25) is 0 Å². The molecular formula is C10H23NO3Si. The minimum atomic E-state index is -2.32. The van der Waals surface area contributed by atoms with Gasteiger partial charge in [-0.2, -0.15) is 0 Å². The van der Waals surface area contributed by atoms with Gasteiger partial charge >= 0.3 is 8.80 Å². The number of nitrogens with zero attached hydrogens (tertiary/aromatic N) is 1. The first kappa shape index (κ1) is 13.1. The normalized spacial score (nSPS) is 18.6. The summed E-state index contributed by atoms with van der Waals surface area (Å²) < 4.78 is 16.1. The van der Waals surface area contributed by atoms with Crippen molar-refractivity contribution in [2.24, 2.45) is 0 Å². The lowest BCUT2D eigenvalue weighted by Crippen LogP contribution is -2.43. The van der Waals surface area contributed by atoms with Crippen molar-refractivity contribution >= 4 is 8.80 Å². The van der Waals surface area contributed by atoms with E-state index in [9.17, 15) is 0 Å². The molecule has 0 radical (unpaired) electrons. The summed E-state index contributed by atoms with van der Waals surface area (Å²) in [5.74, 6) is 0. The van der Waals surface area contributed by atoms with Crippen LogP contribution in [-0.4, -0.2) is 54.7 Å². The highest BCUT2D eigenvalue weighted by molar-refractivity contribution is 6.60. The highest BCUT2D eigenvalue weighted by Crippen LogP contribution is 2.16. The Hall–Kier alpha value is 0.0569. The van der Waals surface area contributed by atoms with Gasteiger partial charge in [0.25, 0.3) is 0 Å². The molecule has 5 heteroatoms. The summed E-state index contributed by atoms with van der Waals surface area (Å²) >= 11 is 0. The fourth-order valence-corrected chi connectivity index (χ4v) is 3.79. The zero-order valence-corrected chi connectivity index (χ0v) is 11.1. The molecule has 0 aromatic carbocycles. The van der Waals surface area contributed by atoms with Crippen molar-refractivity contribution in [3.63, 3.8) is 0 Å². The number of rotatable bonds is 7. The first-order chi connectivity index (χ1) is 7.26. The molecule has 1 aliphatic heterocycles. The van der Waals surface area contributed by atoms with Crippen molar-refractivity contribution in [3.8, 4) is 0 Å². The Balaban J connectivity index is 2.21. The van der Waals surface area contributed by atoms with Gasteiger partial charge in [-0.1, -0.05) is 0 Å². The average molecular weight is 233 g/mol. The third-order valence-electron chi connectivity index (χ3n) is 3.09. The minimum absolute atomic E-state index is 0.910. The summed E-state index contributed by atoms with van der Waals surface area (Å²) in [5, 5.41) is 0. The first-order valence-electron chi connectivity index (χ1n) is 5.64. The van der Waals surface area contributed by atoms with Gasteiger partial charge in [-0.25, -0.2) is 0 Å². The molecule has 1 aliphatic rings. The Labute approximate surface area is 93.9 Å². The predicted octanol–water partition coefficient (Wildman–Crippen LogP) is 1.35. The molecule has 1 heterocycles. The van der Waals surface area contributed by atoms with Crippen molar-refractivity contribution in [2.75, 3.05) is 41.0 Å². The van der Waals surface area contributed by atoms with Crippen molar-refractivity contribution in [1.29, 1.82) is 0 Å². The summed E-state index contributed by atoms with van der Waals surface area (Å²) in [6.07, 6.45) is 3.80.